The van der Waals surface area contributed by atoms with E-state index in [9.17, 15) is 14.4 Å². The number of likely N-dealkylation sites (N-methyl/N-ethyl adjacent to an activating group) is 1. The lowest BCUT2D eigenvalue weighted by Gasteiger charge is -2.23. The summed E-state index contributed by atoms with van der Waals surface area (Å²) in [6.45, 7) is 1.41. The van der Waals surface area contributed by atoms with Crippen LogP contribution in [0.25, 0.3) is 0 Å². The minimum atomic E-state index is -1.23. The maximum absolute atomic E-state index is 12.1. The van der Waals surface area contributed by atoms with E-state index in [0.29, 0.717) is 11.4 Å². The van der Waals surface area contributed by atoms with E-state index in [1.807, 2.05) is 0 Å². The van der Waals surface area contributed by atoms with Crippen LogP contribution in [0.5, 0.6) is 5.75 Å². The monoisotopic (exact) mass is 307 g/mol. The van der Waals surface area contributed by atoms with Gasteiger partial charge in [0.1, 0.15) is 24.4 Å². The summed E-state index contributed by atoms with van der Waals surface area (Å²) < 4.78 is 5.49. The van der Waals surface area contributed by atoms with E-state index in [4.69, 9.17) is 9.84 Å². The molecule has 2 unspecified atom stereocenters. The molecular formula is C14H17N3O5. The number of nitrogens with zero attached hydrogens (tertiary/aromatic N) is 1. The first kappa shape index (κ1) is 15.6. The molecule has 0 fully saturated rings. The van der Waals surface area contributed by atoms with E-state index >= 15 is 0 Å². The van der Waals surface area contributed by atoms with Gasteiger partial charge in [0.05, 0.1) is 5.69 Å². The van der Waals surface area contributed by atoms with Gasteiger partial charge in [-0.15, -0.1) is 0 Å². The third-order valence-corrected chi connectivity index (χ3v) is 3.45. The number of ether oxygens (including phenoxy) is 1. The topological polar surface area (TPSA) is 108 Å². The molecule has 1 aromatic carbocycles. The van der Waals surface area contributed by atoms with Crippen molar-refractivity contribution >= 4 is 23.6 Å². The summed E-state index contributed by atoms with van der Waals surface area (Å²) in [5, 5.41) is 14.0. The fraction of sp³-hybridized carbons (Fsp3) is 0.357. The molecule has 8 nitrogen and oxygen atoms in total. The van der Waals surface area contributed by atoms with Gasteiger partial charge < -0.3 is 20.5 Å². The number of nitrogens with one attached hydrogen (secondary N) is 2. The molecule has 0 radical (unpaired) electrons. The van der Waals surface area contributed by atoms with Gasteiger partial charge in [-0.05, 0) is 19.1 Å². The normalized spacial score (nSPS) is 18.1. The van der Waals surface area contributed by atoms with Crippen LogP contribution in [-0.2, 0) is 9.59 Å². The Morgan fingerprint density at radius 2 is 2.14 bits per heavy atom. The molecule has 0 spiro atoms. The highest BCUT2D eigenvalue weighted by molar-refractivity contribution is 5.99. The highest BCUT2D eigenvalue weighted by atomic mass is 16.5. The van der Waals surface area contributed by atoms with Crippen LogP contribution in [0.15, 0.2) is 24.3 Å². The molecule has 0 saturated carbocycles. The number of anilines is 1. The number of carbonyl (C=O) groups is 3. The van der Waals surface area contributed by atoms with Crippen LogP contribution in [0.3, 0.4) is 0 Å². The number of para-hydroxylation sites is 2. The first-order valence-corrected chi connectivity index (χ1v) is 6.69. The molecule has 0 saturated heterocycles. The Morgan fingerprint density at radius 1 is 1.45 bits per heavy atom. The predicted octanol–water partition coefficient (Wildman–Crippen LogP) is 0.501. The van der Waals surface area contributed by atoms with Crippen molar-refractivity contribution < 1.29 is 24.2 Å². The molecule has 0 bridgehead atoms. The lowest BCUT2D eigenvalue weighted by atomic mass is 10.2. The minimum absolute atomic E-state index is 0.0297. The molecule has 0 aliphatic carbocycles. The maximum atomic E-state index is 12.1. The number of fused-ring (bicyclic) bond motifs is 1. The van der Waals surface area contributed by atoms with Crippen molar-refractivity contribution in [2.75, 3.05) is 19.0 Å². The Balaban J connectivity index is 2.04. The molecule has 1 aromatic rings. The third kappa shape index (κ3) is 3.27. The molecule has 0 aromatic heterocycles. The smallest absolute Gasteiger partial charge is 0.407 e. The van der Waals surface area contributed by atoms with Crippen molar-refractivity contribution in [2.24, 2.45) is 0 Å². The van der Waals surface area contributed by atoms with Crippen molar-refractivity contribution in [1.82, 2.24) is 10.2 Å². The summed E-state index contributed by atoms with van der Waals surface area (Å²) in [6.07, 6.45) is -1.23. The zero-order valence-corrected chi connectivity index (χ0v) is 12.2. The fourth-order valence-corrected chi connectivity index (χ4v) is 1.91. The van der Waals surface area contributed by atoms with E-state index in [1.165, 1.54) is 14.0 Å². The number of hydrogen-bond donors (Lipinski definition) is 3. The Bertz CT molecular complexity index is 604. The zero-order valence-electron chi connectivity index (χ0n) is 12.2. The molecule has 2 atom stereocenters. The highest BCUT2D eigenvalue weighted by Crippen LogP contribution is 2.26. The molecule has 1 aliphatic rings. The van der Waals surface area contributed by atoms with Gasteiger partial charge in [-0.3, -0.25) is 14.5 Å². The Kier molecular flexibility index (Phi) is 4.50. The molecular weight excluding hydrogens is 290 g/mol. The Labute approximate surface area is 127 Å². The van der Waals surface area contributed by atoms with Gasteiger partial charge in [0.25, 0.3) is 5.91 Å². The summed E-state index contributed by atoms with van der Waals surface area (Å²) in [5.41, 5.74) is 0.528. The van der Waals surface area contributed by atoms with Gasteiger partial charge in [-0.1, -0.05) is 12.1 Å². The SMILES string of the molecule is CC(C(=O)NC1COc2ccccc2NC1=O)N(C)C(=O)O. The van der Waals surface area contributed by atoms with E-state index in [2.05, 4.69) is 10.6 Å². The van der Waals surface area contributed by atoms with Crippen molar-refractivity contribution in [3.05, 3.63) is 24.3 Å². The minimum Gasteiger partial charge on any atom is -0.489 e. The maximum Gasteiger partial charge on any atom is 0.407 e. The van der Waals surface area contributed by atoms with Gasteiger partial charge in [0, 0.05) is 7.05 Å². The number of amides is 3. The molecule has 8 heteroatoms. The van der Waals surface area contributed by atoms with Crippen LogP contribution in [-0.4, -0.2) is 53.7 Å². The lowest BCUT2D eigenvalue weighted by molar-refractivity contribution is -0.129. The average molecular weight is 307 g/mol. The first-order chi connectivity index (χ1) is 10.4. The molecule has 3 amide bonds. The number of rotatable bonds is 3. The number of benzene rings is 1. The highest BCUT2D eigenvalue weighted by Gasteiger charge is 2.29. The summed E-state index contributed by atoms with van der Waals surface area (Å²) >= 11 is 0. The zero-order chi connectivity index (χ0) is 16.3. The molecule has 118 valence electrons. The quantitative estimate of drug-likeness (QED) is 0.753. The average Bonchev–Trinajstić information content (AvgIpc) is 2.65. The molecule has 1 aliphatic heterocycles. The summed E-state index contributed by atoms with van der Waals surface area (Å²) in [5.74, 6) is -0.466. The van der Waals surface area contributed by atoms with Crippen LogP contribution in [0.4, 0.5) is 10.5 Å². The Hall–Kier alpha value is -2.77. The second kappa shape index (κ2) is 6.33. The van der Waals surface area contributed by atoms with Crippen LogP contribution in [0, 0.1) is 0 Å². The fourth-order valence-electron chi connectivity index (χ4n) is 1.91. The first-order valence-electron chi connectivity index (χ1n) is 6.69. The second-order valence-corrected chi connectivity index (χ2v) is 4.93. The summed E-state index contributed by atoms with van der Waals surface area (Å²) in [6, 6.07) is 5.11. The van der Waals surface area contributed by atoms with E-state index < -0.39 is 30.0 Å². The molecule has 2 rings (SSSR count). The molecule has 1 heterocycles. The summed E-state index contributed by atoms with van der Waals surface area (Å²) in [4.78, 5) is 35.8. The number of carboxylic acid groups (broad SMARTS) is 1. The summed E-state index contributed by atoms with van der Waals surface area (Å²) in [7, 11) is 1.28. The number of hydrogen-bond acceptors (Lipinski definition) is 4. The van der Waals surface area contributed by atoms with E-state index in [-0.39, 0.29) is 6.61 Å². The van der Waals surface area contributed by atoms with Crippen LogP contribution < -0.4 is 15.4 Å². The van der Waals surface area contributed by atoms with Gasteiger partial charge in [0.15, 0.2) is 0 Å². The van der Waals surface area contributed by atoms with Crippen molar-refractivity contribution in [2.45, 2.75) is 19.0 Å². The van der Waals surface area contributed by atoms with Gasteiger partial charge in [-0.2, -0.15) is 0 Å². The van der Waals surface area contributed by atoms with Crippen LogP contribution in [0.1, 0.15) is 6.92 Å². The second-order valence-electron chi connectivity index (χ2n) is 4.93. The van der Waals surface area contributed by atoms with Gasteiger partial charge in [0.2, 0.25) is 5.91 Å². The number of carbonyl (C=O) groups excluding carboxylic acids is 2. The van der Waals surface area contributed by atoms with Crippen LogP contribution >= 0.6 is 0 Å². The lowest BCUT2D eigenvalue weighted by Crippen LogP contribution is -2.53. The largest absolute Gasteiger partial charge is 0.489 e. The van der Waals surface area contributed by atoms with Gasteiger partial charge >= 0.3 is 6.09 Å². The van der Waals surface area contributed by atoms with Crippen molar-refractivity contribution in [3.63, 3.8) is 0 Å². The van der Waals surface area contributed by atoms with E-state index in [1.54, 1.807) is 24.3 Å². The van der Waals surface area contributed by atoms with Crippen molar-refractivity contribution in [1.29, 1.82) is 0 Å². The standard InChI is InChI=1S/C14H17N3O5/c1-8(17(2)14(20)21)12(18)16-10-7-22-11-6-4-3-5-9(11)15-13(10)19/h3-6,8,10H,7H2,1-2H3,(H,15,19)(H,16,18)(H,20,21). The van der Waals surface area contributed by atoms with E-state index in [0.717, 1.165) is 4.90 Å². The molecule has 3 N–H and O–H groups in total. The van der Waals surface area contributed by atoms with Gasteiger partial charge in [-0.25, -0.2) is 4.79 Å². The van der Waals surface area contributed by atoms with Crippen molar-refractivity contribution in [3.8, 4) is 5.75 Å². The van der Waals surface area contributed by atoms with Crippen LogP contribution in [0.2, 0.25) is 0 Å². The third-order valence-electron chi connectivity index (χ3n) is 3.45. The molecule has 22 heavy (non-hydrogen) atoms. The predicted molar refractivity (Wildman–Crippen MR) is 77.7 cm³/mol. The Morgan fingerprint density at radius 3 is 2.82 bits per heavy atom.